The molecule has 0 saturated heterocycles. The molecule has 0 aliphatic carbocycles. The Bertz CT molecular complexity index is 1320. The van der Waals surface area contributed by atoms with Crippen molar-refractivity contribution in [3.63, 3.8) is 0 Å². The van der Waals surface area contributed by atoms with E-state index in [9.17, 15) is 9.59 Å². The average Bonchev–Trinajstić information content (AvgIpc) is 2.87. The number of hydrogen-bond donors (Lipinski definition) is 0. The van der Waals surface area contributed by atoms with E-state index < -0.39 is 16.2 Å². The molecule has 4 nitrogen and oxygen atoms in total. The maximum Gasteiger partial charge on any atom is 0.312 e. The highest BCUT2D eigenvalue weighted by Crippen LogP contribution is 2.53. The lowest BCUT2D eigenvalue weighted by Gasteiger charge is -2.48. The van der Waals surface area contributed by atoms with Crippen molar-refractivity contribution in [3.8, 4) is 0 Å². The van der Waals surface area contributed by atoms with Crippen LogP contribution in [0.4, 0.5) is 0 Å². The molecule has 40 heavy (non-hydrogen) atoms. The summed E-state index contributed by atoms with van der Waals surface area (Å²) in [5, 5.41) is 4.47. The Balaban J connectivity index is 1.92. The van der Waals surface area contributed by atoms with Crippen LogP contribution in [0.3, 0.4) is 0 Å². The molecule has 0 fully saturated rings. The van der Waals surface area contributed by atoms with Gasteiger partial charge in [-0.3, -0.25) is 9.59 Å². The minimum Gasteiger partial charge on any atom is -0.469 e. The topological polar surface area (TPSA) is 52.6 Å². The van der Waals surface area contributed by atoms with E-state index in [1.165, 1.54) is 7.11 Å². The summed E-state index contributed by atoms with van der Waals surface area (Å²) in [6.07, 6.45) is 1.95. The second kappa shape index (κ2) is 11.2. The van der Waals surface area contributed by atoms with E-state index in [4.69, 9.17) is 9.47 Å². The van der Waals surface area contributed by atoms with Crippen molar-refractivity contribution in [2.75, 3.05) is 7.11 Å². The Morgan fingerprint density at radius 2 is 1.18 bits per heavy atom. The highest BCUT2D eigenvalue weighted by molar-refractivity contribution is 6.02. The van der Waals surface area contributed by atoms with Gasteiger partial charge in [-0.2, -0.15) is 0 Å². The highest BCUT2D eigenvalue weighted by Gasteiger charge is 2.52. The largest absolute Gasteiger partial charge is 0.469 e. The third-order valence-electron chi connectivity index (χ3n) is 9.60. The number of benzene rings is 3. The number of methoxy groups -OCH3 is 1. The maximum atomic E-state index is 14.0. The molecular formula is C36H50O4. The molecule has 4 heteroatoms. The number of ether oxygens (including phenoxy) is 2. The van der Waals surface area contributed by atoms with Crippen LogP contribution in [0.25, 0.3) is 21.5 Å². The van der Waals surface area contributed by atoms with Crippen LogP contribution < -0.4 is 0 Å². The zero-order valence-corrected chi connectivity index (χ0v) is 26.7. The predicted octanol–water partition coefficient (Wildman–Crippen LogP) is 9.51. The Labute approximate surface area is 241 Å². The molecule has 2 unspecified atom stereocenters. The second-order valence-electron chi connectivity index (χ2n) is 14.9. The summed E-state index contributed by atoms with van der Waals surface area (Å²) in [6.45, 7) is 21.3. The molecule has 0 aliphatic heterocycles. The van der Waals surface area contributed by atoms with Gasteiger partial charge in [-0.15, -0.1) is 0 Å². The molecule has 3 aromatic carbocycles. The van der Waals surface area contributed by atoms with Crippen LogP contribution in [0.2, 0.25) is 0 Å². The normalized spacial score (nSPS) is 15.9. The van der Waals surface area contributed by atoms with Crippen molar-refractivity contribution in [3.05, 3.63) is 60.2 Å². The molecule has 0 spiro atoms. The summed E-state index contributed by atoms with van der Waals surface area (Å²) in [6, 6.07) is 18.7. The van der Waals surface area contributed by atoms with Crippen molar-refractivity contribution in [1.29, 1.82) is 0 Å². The standard InChI is InChI=1S/C36H50O4/c1-32(2,3)24-36(10,30(37)39-11)34(7,8)20-21-35(9,33(4,5)6)31(38)40-23-29-27-18-14-12-16-25(27)22-26-17-13-15-19-28(26)29/h12-19,22H,20-21,23-24H2,1-11H3. The summed E-state index contributed by atoms with van der Waals surface area (Å²) in [5.41, 5.74) is -1.26. The molecule has 0 amide bonds. The molecule has 0 N–H and O–H groups in total. The van der Waals surface area contributed by atoms with Gasteiger partial charge in [-0.05, 0) is 77.0 Å². The van der Waals surface area contributed by atoms with Crippen molar-refractivity contribution >= 4 is 33.5 Å². The van der Waals surface area contributed by atoms with Gasteiger partial charge in [-0.25, -0.2) is 0 Å². The fourth-order valence-electron chi connectivity index (χ4n) is 6.06. The second-order valence-corrected chi connectivity index (χ2v) is 14.9. The van der Waals surface area contributed by atoms with E-state index in [2.05, 4.69) is 85.7 Å². The number of carbonyl (C=O) groups is 2. The molecule has 3 rings (SSSR count). The van der Waals surface area contributed by atoms with Crippen molar-refractivity contribution in [2.45, 2.75) is 95.1 Å². The van der Waals surface area contributed by atoms with Crippen LogP contribution in [0.1, 0.15) is 94.1 Å². The molecule has 0 bridgehead atoms. The molecule has 0 aromatic heterocycles. The molecule has 0 radical (unpaired) electrons. The van der Waals surface area contributed by atoms with Gasteiger partial charge in [0.1, 0.15) is 6.61 Å². The minimum atomic E-state index is -0.760. The lowest BCUT2D eigenvalue weighted by molar-refractivity contribution is -0.167. The van der Waals surface area contributed by atoms with Crippen LogP contribution in [0.5, 0.6) is 0 Å². The van der Waals surface area contributed by atoms with Gasteiger partial charge >= 0.3 is 11.9 Å². The molecule has 0 heterocycles. The number of hydrogen-bond acceptors (Lipinski definition) is 4. The Hall–Kier alpha value is -2.88. The third kappa shape index (κ3) is 6.21. The van der Waals surface area contributed by atoms with E-state index in [0.717, 1.165) is 27.1 Å². The zero-order valence-electron chi connectivity index (χ0n) is 26.7. The molecular weight excluding hydrogens is 496 g/mol. The summed E-state index contributed by atoms with van der Waals surface area (Å²) >= 11 is 0. The Morgan fingerprint density at radius 1 is 0.675 bits per heavy atom. The summed E-state index contributed by atoms with van der Waals surface area (Å²) < 4.78 is 11.5. The summed E-state index contributed by atoms with van der Waals surface area (Å²) in [4.78, 5) is 27.2. The van der Waals surface area contributed by atoms with Gasteiger partial charge in [0, 0.05) is 5.56 Å². The Kier molecular flexibility index (Phi) is 8.85. The SMILES string of the molecule is COC(=O)C(C)(CC(C)(C)C)C(C)(C)CCC(C)(C(=O)OCc1c2ccccc2cc2ccccc12)C(C)(C)C. The average molecular weight is 547 g/mol. The van der Waals surface area contributed by atoms with Crippen LogP contribution in [0.15, 0.2) is 54.6 Å². The third-order valence-corrected chi connectivity index (χ3v) is 9.60. The minimum absolute atomic E-state index is 0.0618. The van der Waals surface area contributed by atoms with Gasteiger partial charge in [0.15, 0.2) is 0 Å². The lowest BCUT2D eigenvalue weighted by Crippen LogP contribution is -2.48. The Morgan fingerprint density at radius 3 is 1.62 bits per heavy atom. The number of rotatable bonds is 9. The van der Waals surface area contributed by atoms with E-state index >= 15 is 0 Å². The summed E-state index contributed by atoms with van der Waals surface area (Å²) in [7, 11) is 1.47. The van der Waals surface area contributed by atoms with Gasteiger partial charge in [0.2, 0.25) is 0 Å². The van der Waals surface area contributed by atoms with E-state index in [-0.39, 0.29) is 29.4 Å². The smallest absolute Gasteiger partial charge is 0.312 e. The first-order chi connectivity index (χ1) is 18.4. The first-order valence-corrected chi connectivity index (χ1v) is 14.5. The number of esters is 2. The van der Waals surface area contributed by atoms with E-state index in [1.54, 1.807) is 0 Å². The predicted molar refractivity (Wildman–Crippen MR) is 166 cm³/mol. The summed E-state index contributed by atoms with van der Waals surface area (Å²) in [5.74, 6) is -0.404. The fourth-order valence-corrected chi connectivity index (χ4v) is 6.06. The van der Waals surface area contributed by atoms with Crippen molar-refractivity contribution in [1.82, 2.24) is 0 Å². The van der Waals surface area contributed by atoms with Gasteiger partial charge in [0.05, 0.1) is 17.9 Å². The molecule has 2 atom stereocenters. The molecule has 0 saturated carbocycles. The van der Waals surface area contributed by atoms with Crippen LogP contribution in [-0.4, -0.2) is 19.0 Å². The molecule has 218 valence electrons. The van der Waals surface area contributed by atoms with Crippen LogP contribution in [0, 0.1) is 27.1 Å². The maximum absolute atomic E-state index is 14.0. The first-order valence-electron chi connectivity index (χ1n) is 14.5. The van der Waals surface area contributed by atoms with Crippen molar-refractivity contribution < 1.29 is 19.1 Å². The highest BCUT2D eigenvalue weighted by atomic mass is 16.5. The van der Waals surface area contributed by atoms with Gasteiger partial charge < -0.3 is 9.47 Å². The van der Waals surface area contributed by atoms with Crippen LogP contribution >= 0.6 is 0 Å². The molecule has 3 aromatic rings. The van der Waals surface area contributed by atoms with Gasteiger partial charge in [0.25, 0.3) is 0 Å². The monoisotopic (exact) mass is 546 g/mol. The lowest BCUT2D eigenvalue weighted by atomic mass is 9.56. The number of carbonyl (C=O) groups excluding carboxylic acids is 2. The fraction of sp³-hybridized carbons (Fsp3) is 0.556. The van der Waals surface area contributed by atoms with Crippen LogP contribution in [-0.2, 0) is 25.7 Å². The zero-order chi connectivity index (χ0) is 30.1. The first kappa shape index (κ1) is 31.6. The van der Waals surface area contributed by atoms with E-state index in [0.29, 0.717) is 19.3 Å². The number of fused-ring (bicyclic) bond motifs is 2. The van der Waals surface area contributed by atoms with Gasteiger partial charge in [-0.1, -0.05) is 104 Å². The molecule has 0 aliphatic rings. The quantitative estimate of drug-likeness (QED) is 0.198. The van der Waals surface area contributed by atoms with E-state index in [1.807, 2.05) is 38.1 Å². The van der Waals surface area contributed by atoms with Crippen molar-refractivity contribution in [2.24, 2.45) is 27.1 Å².